The number of ether oxygens (including phenoxy) is 2. The van der Waals surface area contributed by atoms with Gasteiger partial charge in [-0.1, -0.05) is 52.3 Å². The molecule has 10 heteroatoms. The largest absolute Gasteiger partial charge is 0.496 e. The first-order valence-electron chi connectivity index (χ1n) is 10.6. The van der Waals surface area contributed by atoms with Gasteiger partial charge < -0.3 is 9.47 Å². The average Bonchev–Trinajstić information content (AvgIpc) is 2.84. The highest BCUT2D eigenvalue weighted by Crippen LogP contribution is 2.28. The quantitative estimate of drug-likeness (QED) is 0.297. The number of benzene rings is 3. The highest BCUT2D eigenvalue weighted by Gasteiger charge is 2.30. The van der Waals surface area contributed by atoms with Crippen LogP contribution in [0.25, 0.3) is 0 Å². The van der Waals surface area contributed by atoms with Crippen molar-refractivity contribution < 1.29 is 22.7 Å². The first-order valence-corrected chi connectivity index (χ1v) is 12.8. The molecular weight excluding hydrogens is 534 g/mol. The van der Waals surface area contributed by atoms with Gasteiger partial charge in [-0.25, -0.2) is 13.8 Å². The molecule has 35 heavy (non-hydrogen) atoms. The zero-order valence-electron chi connectivity index (χ0n) is 19.6. The minimum Gasteiger partial charge on any atom is -0.496 e. The summed E-state index contributed by atoms with van der Waals surface area (Å²) in [5, 5.41) is 3.98. The van der Waals surface area contributed by atoms with Gasteiger partial charge in [0.05, 0.1) is 27.0 Å². The van der Waals surface area contributed by atoms with E-state index in [9.17, 15) is 13.2 Å². The number of carbonyl (C=O) groups is 1. The molecule has 0 saturated carbocycles. The molecule has 0 heterocycles. The van der Waals surface area contributed by atoms with E-state index in [1.165, 1.54) is 26.5 Å². The van der Waals surface area contributed by atoms with Gasteiger partial charge in [0.25, 0.3) is 5.91 Å². The summed E-state index contributed by atoms with van der Waals surface area (Å²) in [6.07, 6.45) is 1.43. The fourth-order valence-electron chi connectivity index (χ4n) is 3.31. The van der Waals surface area contributed by atoms with Gasteiger partial charge >= 0.3 is 0 Å². The van der Waals surface area contributed by atoms with E-state index in [-0.39, 0.29) is 17.2 Å². The number of methoxy groups -OCH3 is 2. The van der Waals surface area contributed by atoms with Gasteiger partial charge in [0, 0.05) is 16.6 Å². The van der Waals surface area contributed by atoms with Crippen molar-refractivity contribution in [3.05, 3.63) is 87.9 Å². The zero-order chi connectivity index (χ0) is 25.4. The molecule has 1 N–H and O–H groups in total. The molecule has 0 aliphatic heterocycles. The molecule has 3 rings (SSSR count). The lowest BCUT2D eigenvalue weighted by Gasteiger charge is -2.23. The Bertz CT molecular complexity index is 1310. The van der Waals surface area contributed by atoms with Crippen LogP contribution in [0.5, 0.6) is 11.5 Å². The molecule has 0 radical (unpaired) electrons. The number of aryl methyl sites for hydroxylation is 1. The lowest BCUT2D eigenvalue weighted by Crippen LogP contribution is -2.39. The van der Waals surface area contributed by atoms with Crippen molar-refractivity contribution in [1.82, 2.24) is 9.73 Å². The van der Waals surface area contributed by atoms with Crippen molar-refractivity contribution in [3.8, 4) is 11.5 Å². The van der Waals surface area contributed by atoms with Gasteiger partial charge in [-0.2, -0.15) is 9.41 Å². The lowest BCUT2D eigenvalue weighted by atomic mass is 10.2. The normalized spacial score (nSPS) is 11.6. The number of halogens is 1. The number of hydrazone groups is 1. The van der Waals surface area contributed by atoms with Gasteiger partial charge in [-0.3, -0.25) is 4.79 Å². The third-order valence-electron chi connectivity index (χ3n) is 5.04. The number of sulfonamides is 1. The molecule has 3 aromatic rings. The van der Waals surface area contributed by atoms with Crippen LogP contribution >= 0.6 is 15.9 Å². The predicted octanol–water partition coefficient (Wildman–Crippen LogP) is 4.12. The van der Waals surface area contributed by atoms with Crippen LogP contribution in [0.1, 0.15) is 16.7 Å². The van der Waals surface area contributed by atoms with Gasteiger partial charge in [0.2, 0.25) is 10.0 Å². The molecule has 3 aromatic carbocycles. The zero-order valence-corrected chi connectivity index (χ0v) is 22.0. The van der Waals surface area contributed by atoms with Crippen LogP contribution in [0.3, 0.4) is 0 Å². The SMILES string of the molecule is COc1ccc(Br)cc1/C=N/NC(=O)CN(Cc1ccccc1)S(=O)(=O)c1cc(C)ccc1OC. The van der Waals surface area contributed by atoms with Gasteiger partial charge in [0.1, 0.15) is 16.4 Å². The highest BCUT2D eigenvalue weighted by atomic mass is 79.9. The Morgan fingerprint density at radius 1 is 1.03 bits per heavy atom. The second-order valence-corrected chi connectivity index (χ2v) is 10.4. The fraction of sp³-hybridized carbons (Fsp3) is 0.200. The van der Waals surface area contributed by atoms with Crippen LogP contribution in [-0.2, 0) is 21.4 Å². The number of amides is 1. The molecule has 0 aromatic heterocycles. The predicted molar refractivity (Wildman–Crippen MR) is 138 cm³/mol. The van der Waals surface area contributed by atoms with E-state index in [2.05, 4.69) is 26.5 Å². The van der Waals surface area contributed by atoms with E-state index >= 15 is 0 Å². The number of nitrogens with zero attached hydrogens (tertiary/aromatic N) is 2. The maximum atomic E-state index is 13.6. The van der Waals surface area contributed by atoms with E-state index in [1.54, 1.807) is 43.3 Å². The smallest absolute Gasteiger partial charge is 0.255 e. The Morgan fingerprint density at radius 3 is 2.40 bits per heavy atom. The molecule has 0 spiro atoms. The van der Waals surface area contributed by atoms with Crippen molar-refractivity contribution in [2.75, 3.05) is 20.8 Å². The molecule has 0 saturated heterocycles. The number of rotatable bonds is 10. The van der Waals surface area contributed by atoms with Crippen molar-refractivity contribution in [2.24, 2.45) is 5.10 Å². The monoisotopic (exact) mass is 559 g/mol. The summed E-state index contributed by atoms with van der Waals surface area (Å²) >= 11 is 3.38. The Balaban J connectivity index is 1.86. The summed E-state index contributed by atoms with van der Waals surface area (Å²) in [6.45, 7) is 1.34. The van der Waals surface area contributed by atoms with E-state index < -0.39 is 22.5 Å². The molecule has 0 unspecified atom stereocenters. The van der Waals surface area contributed by atoms with Crippen LogP contribution in [0.2, 0.25) is 0 Å². The van der Waals surface area contributed by atoms with E-state index in [4.69, 9.17) is 9.47 Å². The number of hydrogen-bond donors (Lipinski definition) is 1. The standard InChI is InChI=1S/C25H26BrN3O5S/c1-18-9-11-23(34-3)24(13-18)35(31,32)29(16-19-7-5-4-6-8-19)17-25(30)28-27-15-20-14-21(26)10-12-22(20)33-2/h4-15H,16-17H2,1-3H3,(H,28,30)/b27-15+. The van der Waals surface area contributed by atoms with Gasteiger partial charge in [0.15, 0.2) is 0 Å². The second-order valence-electron chi connectivity index (χ2n) is 7.59. The minimum absolute atomic E-state index is 0.00312. The Hall–Kier alpha value is -3.21. The topological polar surface area (TPSA) is 97.3 Å². The number of hydrogen-bond acceptors (Lipinski definition) is 6. The van der Waals surface area contributed by atoms with Crippen molar-refractivity contribution in [1.29, 1.82) is 0 Å². The van der Waals surface area contributed by atoms with Crippen LogP contribution in [-0.4, -0.2) is 45.6 Å². The summed E-state index contributed by atoms with van der Waals surface area (Å²) in [7, 11) is -1.15. The highest BCUT2D eigenvalue weighted by molar-refractivity contribution is 9.10. The Kier molecular flexibility index (Phi) is 9.02. The van der Waals surface area contributed by atoms with E-state index in [0.29, 0.717) is 11.3 Å². The third-order valence-corrected chi connectivity index (χ3v) is 7.35. The number of nitrogens with one attached hydrogen (secondary N) is 1. The maximum Gasteiger partial charge on any atom is 0.255 e. The molecule has 1 amide bonds. The first kappa shape index (κ1) is 26.4. The molecule has 0 atom stereocenters. The average molecular weight is 560 g/mol. The van der Waals surface area contributed by atoms with E-state index in [1.807, 2.05) is 24.3 Å². The van der Waals surface area contributed by atoms with Crippen molar-refractivity contribution >= 4 is 38.1 Å². The molecule has 0 aliphatic rings. The van der Waals surface area contributed by atoms with Crippen LogP contribution in [0, 0.1) is 6.92 Å². The third kappa shape index (κ3) is 6.91. The molecule has 8 nitrogen and oxygen atoms in total. The molecule has 0 fully saturated rings. The lowest BCUT2D eigenvalue weighted by molar-refractivity contribution is -0.121. The minimum atomic E-state index is -4.08. The maximum absolute atomic E-state index is 13.6. The molecular formula is C25H26BrN3O5S. The van der Waals surface area contributed by atoms with Crippen molar-refractivity contribution in [2.45, 2.75) is 18.4 Å². The van der Waals surface area contributed by atoms with Crippen molar-refractivity contribution in [3.63, 3.8) is 0 Å². The summed E-state index contributed by atoms with van der Waals surface area (Å²) in [5.74, 6) is 0.182. The van der Waals surface area contributed by atoms with Crippen LogP contribution in [0.15, 0.2) is 81.2 Å². The first-order chi connectivity index (χ1) is 16.7. The van der Waals surface area contributed by atoms with Gasteiger partial charge in [-0.05, 0) is 48.4 Å². The van der Waals surface area contributed by atoms with E-state index in [0.717, 1.165) is 19.9 Å². The fourth-order valence-corrected chi connectivity index (χ4v) is 5.32. The van der Waals surface area contributed by atoms with Crippen LogP contribution < -0.4 is 14.9 Å². The summed E-state index contributed by atoms with van der Waals surface area (Å²) in [6, 6.07) is 19.3. The molecule has 184 valence electrons. The Morgan fingerprint density at radius 2 is 1.71 bits per heavy atom. The second kappa shape index (κ2) is 12.0. The summed E-state index contributed by atoms with van der Waals surface area (Å²) in [4.78, 5) is 12.7. The molecule has 0 bridgehead atoms. The summed E-state index contributed by atoms with van der Waals surface area (Å²) < 4.78 is 39.8. The Labute approximate surface area is 213 Å². The van der Waals surface area contributed by atoms with Gasteiger partial charge in [-0.15, -0.1) is 0 Å². The molecule has 0 aliphatic carbocycles. The summed E-state index contributed by atoms with van der Waals surface area (Å²) in [5.41, 5.74) is 4.53. The van der Waals surface area contributed by atoms with Crippen LogP contribution in [0.4, 0.5) is 0 Å². The number of carbonyl (C=O) groups excluding carboxylic acids is 1.